The molecule has 1 saturated heterocycles. The number of hydrogen-bond donors (Lipinski definition) is 0. The minimum atomic E-state index is -0.435. The van der Waals surface area contributed by atoms with E-state index in [1.54, 1.807) is 6.07 Å². The van der Waals surface area contributed by atoms with Crippen LogP contribution in [0, 0.1) is 17.1 Å². The first-order valence-corrected chi connectivity index (χ1v) is 6.48. The molecular weight excluding hydrogens is 287 g/mol. The van der Waals surface area contributed by atoms with Crippen LogP contribution in [0.25, 0.3) is 0 Å². The first-order chi connectivity index (χ1) is 8.26. The van der Waals surface area contributed by atoms with E-state index in [9.17, 15) is 4.39 Å². The Morgan fingerprint density at radius 1 is 1.59 bits per heavy atom. The van der Waals surface area contributed by atoms with Gasteiger partial charge >= 0.3 is 0 Å². The van der Waals surface area contributed by atoms with Gasteiger partial charge in [-0.15, -0.1) is 0 Å². The van der Waals surface area contributed by atoms with Gasteiger partial charge in [0.15, 0.2) is 6.10 Å². The molecule has 17 heavy (non-hydrogen) atoms. The van der Waals surface area contributed by atoms with E-state index in [1.807, 2.05) is 11.0 Å². The molecule has 0 saturated carbocycles. The van der Waals surface area contributed by atoms with Crippen molar-refractivity contribution in [3.8, 4) is 6.07 Å². The summed E-state index contributed by atoms with van der Waals surface area (Å²) in [4.78, 5) is 2.00. The van der Waals surface area contributed by atoms with E-state index < -0.39 is 6.10 Å². The molecule has 2 rings (SSSR count). The molecule has 0 amide bonds. The molecule has 1 aromatic carbocycles. The van der Waals surface area contributed by atoms with E-state index in [0.29, 0.717) is 30.6 Å². The van der Waals surface area contributed by atoms with Crippen molar-refractivity contribution in [1.29, 1.82) is 5.26 Å². The van der Waals surface area contributed by atoms with Gasteiger partial charge in [0.2, 0.25) is 0 Å². The van der Waals surface area contributed by atoms with Crippen molar-refractivity contribution in [2.24, 2.45) is 0 Å². The number of nitrogens with zero attached hydrogens (tertiary/aromatic N) is 2. The lowest BCUT2D eigenvalue weighted by Crippen LogP contribution is -2.42. The first kappa shape index (κ1) is 12.3. The summed E-state index contributed by atoms with van der Waals surface area (Å²) in [6.45, 7) is 1.66. The highest BCUT2D eigenvalue weighted by atomic mass is 79.9. The summed E-state index contributed by atoms with van der Waals surface area (Å²) in [7, 11) is 0. The lowest BCUT2D eigenvalue weighted by Gasteiger charge is -2.32. The second kappa shape index (κ2) is 5.48. The highest BCUT2D eigenvalue weighted by molar-refractivity contribution is 9.08. The maximum Gasteiger partial charge on any atom is 0.161 e. The van der Waals surface area contributed by atoms with Crippen LogP contribution in [0.15, 0.2) is 18.2 Å². The van der Waals surface area contributed by atoms with E-state index in [1.165, 1.54) is 6.07 Å². The Bertz CT molecular complexity index is 447. The number of rotatable bonds is 2. The van der Waals surface area contributed by atoms with Gasteiger partial charge in [-0.25, -0.2) is 4.39 Å². The van der Waals surface area contributed by atoms with E-state index in [4.69, 9.17) is 10.00 Å². The lowest BCUT2D eigenvalue weighted by atomic mass is 10.1. The monoisotopic (exact) mass is 298 g/mol. The second-order valence-corrected chi connectivity index (χ2v) is 4.37. The molecule has 1 fully saturated rings. The summed E-state index contributed by atoms with van der Waals surface area (Å²) in [6.07, 6.45) is -0.435. The maximum atomic E-state index is 13.6. The van der Waals surface area contributed by atoms with Gasteiger partial charge in [0, 0.05) is 23.1 Å². The van der Waals surface area contributed by atoms with Crippen molar-refractivity contribution >= 4 is 21.6 Å². The van der Waals surface area contributed by atoms with Gasteiger partial charge < -0.3 is 9.64 Å². The molecule has 1 unspecified atom stereocenters. The van der Waals surface area contributed by atoms with Gasteiger partial charge in [-0.1, -0.05) is 22.0 Å². The molecule has 5 heteroatoms. The number of ether oxygens (including phenoxy) is 1. The Labute approximate surface area is 108 Å². The Morgan fingerprint density at radius 2 is 2.41 bits per heavy atom. The van der Waals surface area contributed by atoms with Gasteiger partial charge in [0.25, 0.3) is 0 Å². The fourth-order valence-electron chi connectivity index (χ4n) is 1.92. The minimum absolute atomic E-state index is 0.223. The largest absolute Gasteiger partial charge is 0.365 e. The number of nitriles is 1. The first-order valence-electron chi connectivity index (χ1n) is 5.35. The number of benzene rings is 1. The summed E-state index contributed by atoms with van der Waals surface area (Å²) >= 11 is 3.30. The highest BCUT2D eigenvalue weighted by Gasteiger charge is 2.22. The van der Waals surface area contributed by atoms with Gasteiger partial charge in [0.1, 0.15) is 5.82 Å². The van der Waals surface area contributed by atoms with Gasteiger partial charge in [-0.05, 0) is 12.1 Å². The van der Waals surface area contributed by atoms with Crippen molar-refractivity contribution in [3.63, 3.8) is 0 Å². The summed E-state index contributed by atoms with van der Waals surface area (Å²) in [5, 5.41) is 9.31. The molecule has 0 aromatic heterocycles. The third kappa shape index (κ3) is 2.59. The van der Waals surface area contributed by atoms with Crippen LogP contribution in [0.2, 0.25) is 0 Å². The third-order valence-electron chi connectivity index (χ3n) is 2.78. The smallest absolute Gasteiger partial charge is 0.161 e. The molecule has 1 atom stereocenters. The van der Waals surface area contributed by atoms with Crippen LogP contribution >= 0.6 is 15.9 Å². The number of hydrogen-bond acceptors (Lipinski definition) is 3. The van der Waals surface area contributed by atoms with Crippen molar-refractivity contribution in [2.75, 3.05) is 24.6 Å². The summed E-state index contributed by atoms with van der Waals surface area (Å²) in [6, 6.07) is 7.10. The van der Waals surface area contributed by atoms with Crippen LogP contribution in [0.3, 0.4) is 0 Å². The van der Waals surface area contributed by atoms with Crippen molar-refractivity contribution in [2.45, 2.75) is 11.4 Å². The predicted octanol–water partition coefficient (Wildman–Crippen LogP) is 2.45. The van der Waals surface area contributed by atoms with Gasteiger partial charge in [0.05, 0.1) is 19.2 Å². The molecule has 0 bridgehead atoms. The highest BCUT2D eigenvalue weighted by Crippen LogP contribution is 2.26. The van der Waals surface area contributed by atoms with Crippen molar-refractivity contribution < 1.29 is 9.13 Å². The van der Waals surface area contributed by atoms with Crippen LogP contribution in [-0.4, -0.2) is 25.8 Å². The molecule has 0 aliphatic carbocycles. The average Bonchev–Trinajstić information content (AvgIpc) is 2.38. The maximum absolute atomic E-state index is 13.6. The molecule has 1 heterocycles. The van der Waals surface area contributed by atoms with Crippen LogP contribution in [0.5, 0.6) is 0 Å². The fourth-order valence-corrected chi connectivity index (χ4v) is 2.48. The Kier molecular flexibility index (Phi) is 3.97. The van der Waals surface area contributed by atoms with Gasteiger partial charge in [-0.2, -0.15) is 5.26 Å². The SMILES string of the molecule is N#CC1CN(c2cccc(F)c2CBr)CCO1. The predicted molar refractivity (Wildman–Crippen MR) is 66.6 cm³/mol. The van der Waals surface area contributed by atoms with Gasteiger partial charge in [-0.3, -0.25) is 0 Å². The normalized spacial score (nSPS) is 20.1. The molecule has 0 spiro atoms. The standard InChI is InChI=1S/C12H12BrFN2O/c13-6-10-11(14)2-1-3-12(10)16-4-5-17-9(7-15)8-16/h1-3,9H,4-6,8H2. The molecule has 90 valence electrons. The minimum Gasteiger partial charge on any atom is -0.365 e. The average molecular weight is 299 g/mol. The van der Waals surface area contributed by atoms with Crippen LogP contribution in [-0.2, 0) is 10.1 Å². The molecule has 3 nitrogen and oxygen atoms in total. The van der Waals surface area contributed by atoms with E-state index >= 15 is 0 Å². The Hall–Kier alpha value is -1.12. The fraction of sp³-hybridized carbons (Fsp3) is 0.417. The van der Waals surface area contributed by atoms with E-state index in [2.05, 4.69) is 22.0 Å². The Morgan fingerprint density at radius 3 is 3.12 bits per heavy atom. The van der Waals surface area contributed by atoms with Crippen molar-refractivity contribution in [3.05, 3.63) is 29.6 Å². The summed E-state index contributed by atoms with van der Waals surface area (Å²) < 4.78 is 18.9. The Balaban J connectivity index is 2.28. The second-order valence-electron chi connectivity index (χ2n) is 3.81. The topological polar surface area (TPSA) is 36.3 Å². The number of morpholine rings is 1. The zero-order valence-corrected chi connectivity index (χ0v) is 10.8. The van der Waals surface area contributed by atoms with Crippen LogP contribution < -0.4 is 4.90 Å². The molecule has 0 N–H and O–H groups in total. The van der Waals surface area contributed by atoms with Crippen LogP contribution in [0.1, 0.15) is 5.56 Å². The molecule has 0 radical (unpaired) electrons. The zero-order chi connectivity index (χ0) is 12.3. The van der Waals surface area contributed by atoms with Crippen LogP contribution in [0.4, 0.5) is 10.1 Å². The van der Waals surface area contributed by atoms with E-state index in [-0.39, 0.29) is 5.82 Å². The quantitative estimate of drug-likeness (QED) is 0.787. The van der Waals surface area contributed by atoms with E-state index in [0.717, 1.165) is 5.69 Å². The number of alkyl halides is 1. The molecule has 1 aromatic rings. The number of halogens is 2. The number of anilines is 1. The molecule has 1 aliphatic heterocycles. The third-order valence-corrected chi connectivity index (χ3v) is 3.34. The summed E-state index contributed by atoms with van der Waals surface area (Å²) in [5.74, 6) is -0.223. The van der Waals surface area contributed by atoms with Crippen molar-refractivity contribution in [1.82, 2.24) is 0 Å². The zero-order valence-electron chi connectivity index (χ0n) is 9.20. The lowest BCUT2D eigenvalue weighted by molar-refractivity contribution is 0.0764. The molecule has 1 aliphatic rings. The summed E-state index contributed by atoms with van der Waals surface area (Å²) in [5.41, 5.74) is 1.47. The molecular formula is C12H12BrFN2O.